The Morgan fingerprint density at radius 3 is 2.58 bits per heavy atom. The quantitative estimate of drug-likeness (QED) is 0.804. The summed E-state index contributed by atoms with van der Waals surface area (Å²) in [5.74, 6) is -0.256. The van der Waals surface area contributed by atoms with Gasteiger partial charge in [0.2, 0.25) is 0 Å². The van der Waals surface area contributed by atoms with E-state index >= 15 is 0 Å². The molecule has 100 valence electrons. The Labute approximate surface area is 117 Å². The van der Waals surface area contributed by atoms with Gasteiger partial charge >= 0.3 is 0 Å². The molecule has 0 amide bonds. The molecule has 0 saturated heterocycles. The molecule has 0 heterocycles. The van der Waals surface area contributed by atoms with Gasteiger partial charge in [-0.05, 0) is 23.8 Å². The number of ether oxygens (including phenoxy) is 1. The highest BCUT2D eigenvalue weighted by molar-refractivity contribution is 6.31. The number of hydrogen-bond donors (Lipinski definition) is 1. The largest absolute Gasteiger partial charge is 0.380 e. The van der Waals surface area contributed by atoms with Gasteiger partial charge in [-0.15, -0.1) is 0 Å². The van der Waals surface area contributed by atoms with Crippen molar-refractivity contribution in [1.29, 1.82) is 0 Å². The normalized spacial score (nSPS) is 10.4. The lowest BCUT2D eigenvalue weighted by atomic mass is 10.2. The summed E-state index contributed by atoms with van der Waals surface area (Å²) in [5.41, 5.74) is 1.44. The molecule has 0 aliphatic rings. The number of nitrogens with one attached hydrogen (secondary N) is 1. The summed E-state index contributed by atoms with van der Waals surface area (Å²) >= 11 is 6.01. The van der Waals surface area contributed by atoms with Crippen molar-refractivity contribution in [3.05, 3.63) is 64.9 Å². The Hall–Kier alpha value is -1.58. The van der Waals surface area contributed by atoms with E-state index in [1.54, 1.807) is 18.2 Å². The Bertz CT molecular complexity index is 486. The van der Waals surface area contributed by atoms with Gasteiger partial charge in [-0.3, -0.25) is 0 Å². The molecule has 1 N–H and O–H groups in total. The van der Waals surface area contributed by atoms with Gasteiger partial charge in [0.1, 0.15) is 5.82 Å². The average molecular weight is 280 g/mol. The number of benzene rings is 2. The van der Waals surface area contributed by atoms with Gasteiger partial charge in [0.05, 0.1) is 18.9 Å². The van der Waals surface area contributed by atoms with Gasteiger partial charge < -0.3 is 10.1 Å². The van der Waals surface area contributed by atoms with Crippen LogP contribution in [0.3, 0.4) is 0 Å². The number of rotatable bonds is 6. The number of para-hydroxylation sites is 1. The van der Waals surface area contributed by atoms with E-state index in [4.69, 9.17) is 16.3 Å². The zero-order chi connectivity index (χ0) is 13.5. The van der Waals surface area contributed by atoms with Crippen LogP contribution in [0.5, 0.6) is 0 Å². The van der Waals surface area contributed by atoms with E-state index in [2.05, 4.69) is 5.32 Å². The molecule has 0 aromatic heterocycles. The molecule has 0 unspecified atom stereocenters. The van der Waals surface area contributed by atoms with Crippen molar-refractivity contribution < 1.29 is 9.13 Å². The second-order valence-electron chi connectivity index (χ2n) is 4.05. The fourth-order valence-corrected chi connectivity index (χ4v) is 1.85. The minimum atomic E-state index is -0.256. The molecule has 2 aromatic rings. The second kappa shape index (κ2) is 7.12. The van der Waals surface area contributed by atoms with Crippen molar-refractivity contribution in [1.82, 2.24) is 0 Å². The van der Waals surface area contributed by atoms with E-state index in [9.17, 15) is 4.39 Å². The maximum absolute atomic E-state index is 13.3. The van der Waals surface area contributed by atoms with E-state index in [0.717, 1.165) is 5.56 Å². The van der Waals surface area contributed by atoms with Gasteiger partial charge in [-0.2, -0.15) is 0 Å². The van der Waals surface area contributed by atoms with Gasteiger partial charge in [-0.25, -0.2) is 4.39 Å². The molecule has 0 radical (unpaired) electrons. The highest BCUT2D eigenvalue weighted by atomic mass is 35.5. The van der Waals surface area contributed by atoms with Crippen LogP contribution in [0, 0.1) is 5.82 Å². The molecule has 0 atom stereocenters. The fourth-order valence-electron chi connectivity index (χ4n) is 1.66. The smallest absolute Gasteiger partial charge is 0.146 e. The van der Waals surface area contributed by atoms with Gasteiger partial charge in [-0.1, -0.05) is 41.9 Å². The van der Waals surface area contributed by atoms with Crippen LogP contribution in [-0.4, -0.2) is 13.2 Å². The van der Waals surface area contributed by atoms with Crippen LogP contribution in [0.1, 0.15) is 5.56 Å². The molecule has 2 rings (SSSR count). The first-order valence-corrected chi connectivity index (χ1v) is 6.45. The summed E-state index contributed by atoms with van der Waals surface area (Å²) < 4.78 is 18.8. The van der Waals surface area contributed by atoms with Crippen molar-refractivity contribution in [2.45, 2.75) is 6.61 Å². The lowest BCUT2D eigenvalue weighted by Gasteiger charge is -2.08. The van der Waals surface area contributed by atoms with Gasteiger partial charge in [0.15, 0.2) is 0 Å². The maximum Gasteiger partial charge on any atom is 0.146 e. The maximum atomic E-state index is 13.3. The summed E-state index contributed by atoms with van der Waals surface area (Å²) in [6.45, 7) is 1.49. The molecule has 0 saturated carbocycles. The Balaban J connectivity index is 1.71. The van der Waals surface area contributed by atoms with Crippen molar-refractivity contribution in [2.75, 3.05) is 18.5 Å². The Morgan fingerprint density at radius 1 is 1.05 bits per heavy atom. The summed E-state index contributed by atoms with van der Waals surface area (Å²) in [6.07, 6.45) is 0. The third-order valence-corrected chi connectivity index (χ3v) is 3.02. The molecule has 4 heteroatoms. The molecule has 2 aromatic carbocycles. The van der Waals surface area contributed by atoms with E-state index < -0.39 is 0 Å². The third kappa shape index (κ3) is 4.23. The highest BCUT2D eigenvalue weighted by Gasteiger charge is 2.00. The van der Waals surface area contributed by atoms with Crippen molar-refractivity contribution in [2.24, 2.45) is 0 Å². The van der Waals surface area contributed by atoms with Crippen LogP contribution in [0.15, 0.2) is 48.5 Å². The zero-order valence-electron chi connectivity index (χ0n) is 10.4. The summed E-state index contributed by atoms with van der Waals surface area (Å²) in [5, 5.41) is 3.68. The van der Waals surface area contributed by atoms with E-state index in [1.807, 2.05) is 24.3 Å². The van der Waals surface area contributed by atoms with Crippen molar-refractivity contribution in [3.63, 3.8) is 0 Å². The van der Waals surface area contributed by atoms with Gasteiger partial charge in [0.25, 0.3) is 0 Å². The molecule has 0 fully saturated rings. The molecular formula is C15H15ClFNO. The summed E-state index contributed by atoms with van der Waals surface area (Å²) in [6, 6.07) is 14.1. The van der Waals surface area contributed by atoms with Crippen LogP contribution < -0.4 is 5.32 Å². The van der Waals surface area contributed by atoms with Crippen LogP contribution in [-0.2, 0) is 11.3 Å². The minimum absolute atomic E-state index is 0.256. The SMILES string of the molecule is Fc1ccccc1NCCOCc1ccccc1Cl. The molecule has 19 heavy (non-hydrogen) atoms. The topological polar surface area (TPSA) is 21.3 Å². The van der Waals surface area contributed by atoms with Crippen molar-refractivity contribution in [3.8, 4) is 0 Å². The predicted molar refractivity (Wildman–Crippen MR) is 76.0 cm³/mol. The monoisotopic (exact) mass is 279 g/mol. The number of anilines is 1. The molecule has 0 spiro atoms. The summed E-state index contributed by atoms with van der Waals surface area (Å²) in [7, 11) is 0. The Morgan fingerprint density at radius 2 is 1.79 bits per heavy atom. The van der Waals surface area contributed by atoms with Crippen LogP contribution in [0.4, 0.5) is 10.1 Å². The first-order valence-electron chi connectivity index (χ1n) is 6.07. The lowest BCUT2D eigenvalue weighted by molar-refractivity contribution is 0.130. The first-order chi connectivity index (χ1) is 9.27. The predicted octanol–water partition coefficient (Wildman–Crippen LogP) is 4.11. The molecular weight excluding hydrogens is 265 g/mol. The Kier molecular flexibility index (Phi) is 5.19. The van der Waals surface area contributed by atoms with E-state index in [1.165, 1.54) is 6.07 Å². The van der Waals surface area contributed by atoms with Crippen LogP contribution in [0.2, 0.25) is 5.02 Å². The molecule has 0 aliphatic heterocycles. The fraction of sp³-hybridized carbons (Fsp3) is 0.200. The summed E-state index contributed by atoms with van der Waals surface area (Å²) in [4.78, 5) is 0. The molecule has 2 nitrogen and oxygen atoms in total. The lowest BCUT2D eigenvalue weighted by Crippen LogP contribution is -2.10. The van der Waals surface area contributed by atoms with Crippen molar-refractivity contribution >= 4 is 17.3 Å². The average Bonchev–Trinajstić information content (AvgIpc) is 2.42. The van der Waals surface area contributed by atoms with E-state index in [-0.39, 0.29) is 5.82 Å². The molecule has 0 bridgehead atoms. The third-order valence-electron chi connectivity index (χ3n) is 2.65. The minimum Gasteiger partial charge on any atom is -0.380 e. The standard InChI is InChI=1S/C15H15ClFNO/c16-13-6-2-1-5-12(13)11-19-10-9-18-15-8-4-3-7-14(15)17/h1-8,18H,9-11H2. The molecule has 0 aliphatic carbocycles. The van der Waals surface area contributed by atoms with Crippen LogP contribution in [0.25, 0.3) is 0 Å². The van der Waals surface area contributed by atoms with E-state index in [0.29, 0.717) is 30.5 Å². The number of halogens is 2. The van der Waals surface area contributed by atoms with Gasteiger partial charge in [0, 0.05) is 11.6 Å². The first kappa shape index (κ1) is 13.8. The second-order valence-corrected chi connectivity index (χ2v) is 4.46. The van der Waals surface area contributed by atoms with Crippen LogP contribution >= 0.6 is 11.6 Å². The highest BCUT2D eigenvalue weighted by Crippen LogP contribution is 2.15. The number of hydrogen-bond acceptors (Lipinski definition) is 2. The zero-order valence-corrected chi connectivity index (χ0v) is 11.2.